The molecule has 2 heteroatoms. The first-order chi connectivity index (χ1) is 12.7. The molecule has 0 amide bonds. The van der Waals surface area contributed by atoms with E-state index in [1.807, 2.05) is 48.5 Å². The second-order valence-corrected chi connectivity index (χ2v) is 6.18. The van der Waals surface area contributed by atoms with Gasteiger partial charge in [-0.3, -0.25) is 0 Å². The first-order valence-electron chi connectivity index (χ1n) is 8.48. The van der Waals surface area contributed by atoms with E-state index in [2.05, 4.69) is 37.0 Å². The molecule has 4 rings (SSSR count). The fourth-order valence-corrected chi connectivity index (χ4v) is 3.03. The van der Waals surface area contributed by atoms with Crippen LogP contribution in [0.2, 0.25) is 0 Å². The van der Waals surface area contributed by atoms with Gasteiger partial charge < -0.3 is 9.15 Å². The summed E-state index contributed by atoms with van der Waals surface area (Å²) < 4.78 is 11.0. The van der Waals surface area contributed by atoms with Gasteiger partial charge in [-0.25, -0.2) is 0 Å². The predicted octanol–water partition coefficient (Wildman–Crippen LogP) is 5.82. The molecule has 0 aliphatic rings. The largest absolute Gasteiger partial charge is 0.497 e. The molecule has 1 aromatic heterocycles. The van der Waals surface area contributed by atoms with E-state index in [0.717, 1.165) is 39.0 Å². The normalized spacial score (nSPS) is 10.4. The Balaban J connectivity index is 1.80. The van der Waals surface area contributed by atoms with Crippen molar-refractivity contribution in [3.05, 3.63) is 89.7 Å². The molecule has 0 unspecified atom stereocenters. The number of furan rings is 1. The van der Waals surface area contributed by atoms with Gasteiger partial charge in [0.05, 0.1) is 13.4 Å². The highest BCUT2D eigenvalue weighted by atomic mass is 16.5. The molecule has 2 nitrogen and oxygen atoms in total. The van der Waals surface area contributed by atoms with Crippen molar-refractivity contribution in [1.29, 1.82) is 0 Å². The Labute approximate surface area is 153 Å². The zero-order chi connectivity index (χ0) is 17.9. The maximum Gasteiger partial charge on any atom is 0.138 e. The van der Waals surface area contributed by atoms with Gasteiger partial charge >= 0.3 is 0 Å². The molecule has 0 aliphatic carbocycles. The van der Waals surface area contributed by atoms with Crippen LogP contribution in [0, 0.1) is 18.8 Å². The van der Waals surface area contributed by atoms with Gasteiger partial charge in [0.2, 0.25) is 0 Å². The second-order valence-electron chi connectivity index (χ2n) is 6.18. The number of aryl methyl sites for hydroxylation is 1. The Hall–Kier alpha value is -3.44. The zero-order valence-corrected chi connectivity index (χ0v) is 14.7. The van der Waals surface area contributed by atoms with Crippen LogP contribution in [0.1, 0.15) is 16.7 Å². The van der Waals surface area contributed by atoms with Crippen LogP contribution in [0.3, 0.4) is 0 Å². The highest BCUT2D eigenvalue weighted by molar-refractivity contribution is 5.96. The fraction of sp³-hybridized carbons (Fsp3) is 0.0833. The Kier molecular flexibility index (Phi) is 4.21. The second kappa shape index (κ2) is 6.82. The van der Waals surface area contributed by atoms with Crippen LogP contribution in [-0.2, 0) is 0 Å². The van der Waals surface area contributed by atoms with Gasteiger partial charge in [-0.1, -0.05) is 42.2 Å². The summed E-state index contributed by atoms with van der Waals surface area (Å²) in [4.78, 5) is 0. The summed E-state index contributed by atoms with van der Waals surface area (Å²) in [7, 11) is 1.65. The summed E-state index contributed by atoms with van der Waals surface area (Å²) in [6.45, 7) is 2.07. The fourth-order valence-electron chi connectivity index (χ4n) is 3.03. The third-order valence-electron chi connectivity index (χ3n) is 4.36. The molecule has 0 saturated carbocycles. The smallest absolute Gasteiger partial charge is 0.138 e. The van der Waals surface area contributed by atoms with Gasteiger partial charge in [-0.05, 0) is 42.8 Å². The third kappa shape index (κ3) is 3.08. The van der Waals surface area contributed by atoms with Gasteiger partial charge in [-0.15, -0.1) is 0 Å². The highest BCUT2D eigenvalue weighted by Crippen LogP contribution is 2.34. The van der Waals surface area contributed by atoms with Crippen LogP contribution in [0.5, 0.6) is 5.75 Å². The molecule has 1 heterocycles. The van der Waals surface area contributed by atoms with E-state index in [0.29, 0.717) is 0 Å². The van der Waals surface area contributed by atoms with Gasteiger partial charge in [0.25, 0.3) is 0 Å². The Bertz CT molecular complexity index is 1140. The van der Waals surface area contributed by atoms with E-state index in [1.54, 1.807) is 13.4 Å². The molecule has 0 aliphatic heterocycles. The summed E-state index contributed by atoms with van der Waals surface area (Å²) in [5.41, 5.74) is 6.11. The van der Waals surface area contributed by atoms with Crippen LogP contribution in [-0.4, -0.2) is 7.11 Å². The lowest BCUT2D eigenvalue weighted by atomic mass is 9.99. The van der Waals surface area contributed by atoms with Crippen molar-refractivity contribution < 1.29 is 9.15 Å². The molecule has 0 saturated heterocycles. The topological polar surface area (TPSA) is 22.4 Å². The van der Waals surface area contributed by atoms with Gasteiger partial charge in [0.15, 0.2) is 0 Å². The van der Waals surface area contributed by atoms with Crippen molar-refractivity contribution in [2.45, 2.75) is 6.92 Å². The maximum absolute atomic E-state index is 5.75. The molecule has 26 heavy (non-hydrogen) atoms. The number of hydrogen-bond acceptors (Lipinski definition) is 2. The van der Waals surface area contributed by atoms with Gasteiger partial charge in [0, 0.05) is 33.7 Å². The molecule has 0 atom stereocenters. The molecule has 0 fully saturated rings. The molecule has 126 valence electrons. The van der Waals surface area contributed by atoms with Crippen LogP contribution in [0.4, 0.5) is 0 Å². The maximum atomic E-state index is 5.75. The third-order valence-corrected chi connectivity index (χ3v) is 4.36. The minimum atomic E-state index is 0.783. The quantitative estimate of drug-likeness (QED) is 0.430. The van der Waals surface area contributed by atoms with Gasteiger partial charge in [-0.2, -0.15) is 0 Å². The first-order valence-corrected chi connectivity index (χ1v) is 8.48. The summed E-state index contributed by atoms with van der Waals surface area (Å²) in [5.74, 6) is 7.37. The first kappa shape index (κ1) is 16.1. The SMILES string of the molecule is COc1ccc2c(-c3ccccc3C#Cc3cccc(C)c3)coc2c1. The molecule has 0 bridgehead atoms. The minimum absolute atomic E-state index is 0.783. The molecule has 0 spiro atoms. The zero-order valence-electron chi connectivity index (χ0n) is 14.7. The van der Waals surface area contributed by atoms with E-state index in [9.17, 15) is 0 Å². The number of hydrogen-bond donors (Lipinski definition) is 0. The average Bonchev–Trinajstić information content (AvgIpc) is 3.09. The monoisotopic (exact) mass is 338 g/mol. The molecular formula is C24H18O2. The van der Waals surface area contributed by atoms with E-state index in [-0.39, 0.29) is 0 Å². The van der Waals surface area contributed by atoms with Crippen LogP contribution in [0.25, 0.3) is 22.1 Å². The summed E-state index contributed by atoms with van der Waals surface area (Å²) in [6.07, 6.45) is 1.79. The lowest BCUT2D eigenvalue weighted by Gasteiger charge is -2.03. The molecule has 4 aromatic rings. The molecule has 0 radical (unpaired) electrons. The van der Waals surface area contributed by atoms with Gasteiger partial charge in [0.1, 0.15) is 11.3 Å². The van der Waals surface area contributed by atoms with Crippen molar-refractivity contribution >= 4 is 11.0 Å². The van der Waals surface area contributed by atoms with Crippen molar-refractivity contribution in [3.63, 3.8) is 0 Å². The predicted molar refractivity (Wildman–Crippen MR) is 105 cm³/mol. The van der Waals surface area contributed by atoms with Crippen molar-refractivity contribution in [3.8, 4) is 28.7 Å². The van der Waals surface area contributed by atoms with E-state index >= 15 is 0 Å². The average molecular weight is 338 g/mol. The number of methoxy groups -OCH3 is 1. The molecule has 3 aromatic carbocycles. The highest BCUT2D eigenvalue weighted by Gasteiger charge is 2.11. The van der Waals surface area contributed by atoms with Crippen molar-refractivity contribution in [1.82, 2.24) is 0 Å². The Morgan fingerprint density at radius 3 is 2.58 bits per heavy atom. The van der Waals surface area contributed by atoms with E-state index < -0.39 is 0 Å². The Morgan fingerprint density at radius 2 is 1.73 bits per heavy atom. The number of rotatable bonds is 2. The van der Waals surface area contributed by atoms with Crippen LogP contribution in [0.15, 0.2) is 77.4 Å². The number of benzene rings is 3. The lowest BCUT2D eigenvalue weighted by Crippen LogP contribution is -1.84. The van der Waals surface area contributed by atoms with Crippen LogP contribution >= 0.6 is 0 Å². The summed E-state index contributed by atoms with van der Waals surface area (Å²) >= 11 is 0. The Morgan fingerprint density at radius 1 is 0.846 bits per heavy atom. The van der Waals surface area contributed by atoms with E-state index in [4.69, 9.17) is 9.15 Å². The minimum Gasteiger partial charge on any atom is -0.497 e. The lowest BCUT2D eigenvalue weighted by molar-refractivity contribution is 0.414. The summed E-state index contributed by atoms with van der Waals surface area (Å²) in [5, 5.41) is 1.05. The molecule has 0 N–H and O–H groups in total. The molecular weight excluding hydrogens is 320 g/mol. The van der Waals surface area contributed by atoms with Crippen molar-refractivity contribution in [2.75, 3.05) is 7.11 Å². The number of ether oxygens (including phenoxy) is 1. The van der Waals surface area contributed by atoms with E-state index in [1.165, 1.54) is 5.56 Å². The standard InChI is InChI=1S/C24H18O2/c1-17-6-5-7-18(14-17)10-11-19-8-3-4-9-21(19)23-16-26-24-15-20(25-2)12-13-22(23)24/h3-9,12-16H,1-2H3. The van der Waals surface area contributed by atoms with Crippen molar-refractivity contribution in [2.24, 2.45) is 0 Å². The van der Waals surface area contributed by atoms with Crippen LogP contribution < -0.4 is 4.74 Å². The summed E-state index contributed by atoms with van der Waals surface area (Å²) in [6, 6.07) is 22.3. The number of fused-ring (bicyclic) bond motifs is 1.